The smallest absolute Gasteiger partial charge is 0.226 e. The van der Waals surface area contributed by atoms with Gasteiger partial charge in [-0.1, -0.05) is 39.0 Å². The Bertz CT molecular complexity index is 605. The van der Waals surface area contributed by atoms with Crippen LogP contribution in [0.5, 0.6) is 11.6 Å². The maximum atomic E-state index is 5.89. The molecule has 0 aliphatic carbocycles. The molecule has 0 fully saturated rings. The Morgan fingerprint density at radius 1 is 1.15 bits per heavy atom. The fourth-order valence-corrected chi connectivity index (χ4v) is 1.91. The normalized spacial score (nSPS) is 11.2. The molecular formula is C15H20N4O. The van der Waals surface area contributed by atoms with Crippen molar-refractivity contribution in [1.29, 1.82) is 0 Å². The van der Waals surface area contributed by atoms with E-state index >= 15 is 0 Å². The van der Waals surface area contributed by atoms with E-state index in [1.807, 2.05) is 18.2 Å². The van der Waals surface area contributed by atoms with Crippen molar-refractivity contribution < 1.29 is 4.74 Å². The number of hydrogen-bond acceptors (Lipinski definition) is 5. The molecule has 1 heterocycles. The average molecular weight is 272 g/mol. The Balaban J connectivity index is 2.38. The summed E-state index contributed by atoms with van der Waals surface area (Å²) in [4.78, 5) is 8.15. The lowest BCUT2D eigenvalue weighted by molar-refractivity contribution is 0.440. The molecule has 0 atom stereocenters. The quantitative estimate of drug-likeness (QED) is 0.897. The zero-order chi connectivity index (χ0) is 14.8. The van der Waals surface area contributed by atoms with Gasteiger partial charge in [-0.3, -0.25) is 0 Å². The van der Waals surface area contributed by atoms with Crippen molar-refractivity contribution in [3.63, 3.8) is 0 Å². The van der Waals surface area contributed by atoms with Crippen LogP contribution < -0.4 is 15.8 Å². The summed E-state index contributed by atoms with van der Waals surface area (Å²) >= 11 is 0. The van der Waals surface area contributed by atoms with Crippen molar-refractivity contribution in [2.75, 3.05) is 18.1 Å². The Kier molecular flexibility index (Phi) is 3.79. The summed E-state index contributed by atoms with van der Waals surface area (Å²) in [5.41, 5.74) is 6.77. The van der Waals surface area contributed by atoms with Crippen LogP contribution in [0, 0.1) is 0 Å². The number of para-hydroxylation sites is 1. The number of nitrogens with zero attached hydrogens (tertiary/aromatic N) is 2. The van der Waals surface area contributed by atoms with Gasteiger partial charge in [-0.2, -0.15) is 9.97 Å². The molecule has 0 saturated carbocycles. The van der Waals surface area contributed by atoms with E-state index in [0.717, 1.165) is 11.3 Å². The number of rotatable bonds is 3. The van der Waals surface area contributed by atoms with Gasteiger partial charge in [0.25, 0.3) is 0 Å². The molecule has 0 bridgehead atoms. The van der Waals surface area contributed by atoms with Gasteiger partial charge in [-0.15, -0.1) is 0 Å². The van der Waals surface area contributed by atoms with Crippen LogP contribution in [0.2, 0.25) is 0 Å². The highest BCUT2D eigenvalue weighted by atomic mass is 16.5. The van der Waals surface area contributed by atoms with Crippen molar-refractivity contribution in [1.82, 2.24) is 9.97 Å². The van der Waals surface area contributed by atoms with Crippen LogP contribution in [0.1, 0.15) is 26.3 Å². The van der Waals surface area contributed by atoms with Crippen molar-refractivity contribution in [2.45, 2.75) is 26.2 Å². The standard InChI is InChI=1S/C15H20N4O/c1-15(2,3)10-7-5-6-8-11(10)20-13-9-12(17-4)18-14(16)19-13/h5-9H,1-4H3,(H3,16,17,18,19). The summed E-state index contributed by atoms with van der Waals surface area (Å²) < 4.78 is 5.89. The summed E-state index contributed by atoms with van der Waals surface area (Å²) in [6, 6.07) is 9.64. The number of nitrogen functional groups attached to an aromatic ring is 1. The fraction of sp³-hybridized carbons (Fsp3) is 0.333. The monoisotopic (exact) mass is 272 g/mol. The molecule has 5 nitrogen and oxygen atoms in total. The van der Waals surface area contributed by atoms with E-state index in [1.165, 1.54) is 0 Å². The summed E-state index contributed by atoms with van der Waals surface area (Å²) in [7, 11) is 1.77. The van der Waals surface area contributed by atoms with Gasteiger partial charge < -0.3 is 15.8 Å². The van der Waals surface area contributed by atoms with E-state index < -0.39 is 0 Å². The third kappa shape index (κ3) is 3.17. The van der Waals surface area contributed by atoms with E-state index in [1.54, 1.807) is 13.1 Å². The molecule has 0 aliphatic rings. The molecule has 20 heavy (non-hydrogen) atoms. The van der Waals surface area contributed by atoms with E-state index in [9.17, 15) is 0 Å². The predicted molar refractivity (Wildman–Crippen MR) is 81.2 cm³/mol. The first-order chi connectivity index (χ1) is 9.40. The summed E-state index contributed by atoms with van der Waals surface area (Å²) in [5.74, 6) is 2.01. The van der Waals surface area contributed by atoms with Gasteiger partial charge in [0.2, 0.25) is 11.8 Å². The zero-order valence-electron chi connectivity index (χ0n) is 12.3. The SMILES string of the molecule is CNc1cc(Oc2ccccc2C(C)(C)C)nc(N)n1. The maximum absolute atomic E-state index is 5.89. The maximum Gasteiger partial charge on any atom is 0.226 e. The number of anilines is 2. The largest absolute Gasteiger partial charge is 0.438 e. The van der Waals surface area contributed by atoms with E-state index in [-0.39, 0.29) is 11.4 Å². The van der Waals surface area contributed by atoms with Crippen LogP contribution in [-0.4, -0.2) is 17.0 Å². The van der Waals surface area contributed by atoms with Crippen molar-refractivity contribution in [3.8, 4) is 11.6 Å². The number of hydrogen-bond donors (Lipinski definition) is 2. The molecule has 106 valence electrons. The van der Waals surface area contributed by atoms with Crippen LogP contribution in [-0.2, 0) is 5.41 Å². The molecule has 2 rings (SSSR count). The molecule has 1 aromatic carbocycles. The van der Waals surface area contributed by atoms with E-state index in [2.05, 4.69) is 42.1 Å². The Hall–Kier alpha value is -2.30. The highest BCUT2D eigenvalue weighted by molar-refractivity contribution is 5.45. The second-order valence-electron chi connectivity index (χ2n) is 5.55. The number of ether oxygens (including phenoxy) is 1. The number of aromatic nitrogens is 2. The molecule has 0 radical (unpaired) electrons. The van der Waals surface area contributed by atoms with Crippen LogP contribution in [0.25, 0.3) is 0 Å². The van der Waals surface area contributed by atoms with Gasteiger partial charge in [-0.05, 0) is 11.5 Å². The second-order valence-corrected chi connectivity index (χ2v) is 5.55. The van der Waals surface area contributed by atoms with Crippen LogP contribution in [0.15, 0.2) is 30.3 Å². The molecule has 0 spiro atoms. The van der Waals surface area contributed by atoms with Crippen molar-refractivity contribution in [2.24, 2.45) is 0 Å². The minimum atomic E-state index is -0.0129. The van der Waals surface area contributed by atoms with Crippen LogP contribution >= 0.6 is 0 Å². The summed E-state index contributed by atoms with van der Waals surface area (Å²) in [6.07, 6.45) is 0. The number of nitrogens with two attached hydrogens (primary N) is 1. The molecule has 0 saturated heterocycles. The lowest BCUT2D eigenvalue weighted by Gasteiger charge is -2.22. The Morgan fingerprint density at radius 3 is 2.50 bits per heavy atom. The molecule has 5 heteroatoms. The average Bonchev–Trinajstić information content (AvgIpc) is 2.37. The molecular weight excluding hydrogens is 252 g/mol. The van der Waals surface area contributed by atoms with Crippen LogP contribution in [0.4, 0.5) is 11.8 Å². The van der Waals surface area contributed by atoms with Gasteiger partial charge in [0, 0.05) is 18.7 Å². The topological polar surface area (TPSA) is 73.1 Å². The van der Waals surface area contributed by atoms with E-state index in [4.69, 9.17) is 10.5 Å². The van der Waals surface area contributed by atoms with Gasteiger partial charge in [0.15, 0.2) is 0 Å². The lowest BCUT2D eigenvalue weighted by atomic mass is 9.86. The highest BCUT2D eigenvalue weighted by Gasteiger charge is 2.19. The summed E-state index contributed by atoms with van der Waals surface area (Å²) in [6.45, 7) is 6.42. The fourth-order valence-electron chi connectivity index (χ4n) is 1.91. The molecule has 0 amide bonds. The molecule has 1 aromatic heterocycles. The predicted octanol–water partition coefficient (Wildman–Crippen LogP) is 3.19. The molecule has 0 unspecified atom stereocenters. The Labute approximate surface area is 119 Å². The summed E-state index contributed by atoms with van der Waals surface area (Å²) in [5, 5.41) is 2.93. The molecule has 3 N–H and O–H groups in total. The zero-order valence-corrected chi connectivity index (χ0v) is 12.3. The van der Waals surface area contributed by atoms with Crippen molar-refractivity contribution in [3.05, 3.63) is 35.9 Å². The third-order valence-electron chi connectivity index (χ3n) is 2.89. The first-order valence-corrected chi connectivity index (χ1v) is 6.50. The van der Waals surface area contributed by atoms with Gasteiger partial charge >= 0.3 is 0 Å². The first kappa shape index (κ1) is 14.1. The molecule has 0 aliphatic heterocycles. The number of nitrogens with one attached hydrogen (secondary N) is 1. The Morgan fingerprint density at radius 2 is 1.85 bits per heavy atom. The minimum Gasteiger partial charge on any atom is -0.438 e. The van der Waals surface area contributed by atoms with Gasteiger partial charge in [0.1, 0.15) is 11.6 Å². The van der Waals surface area contributed by atoms with Crippen molar-refractivity contribution >= 4 is 11.8 Å². The first-order valence-electron chi connectivity index (χ1n) is 6.50. The highest BCUT2D eigenvalue weighted by Crippen LogP contribution is 2.33. The minimum absolute atomic E-state index is 0.0129. The second kappa shape index (κ2) is 5.36. The number of benzene rings is 1. The van der Waals surface area contributed by atoms with E-state index in [0.29, 0.717) is 11.7 Å². The van der Waals surface area contributed by atoms with Gasteiger partial charge in [-0.25, -0.2) is 0 Å². The third-order valence-corrected chi connectivity index (χ3v) is 2.89. The van der Waals surface area contributed by atoms with Crippen LogP contribution in [0.3, 0.4) is 0 Å². The lowest BCUT2D eigenvalue weighted by Crippen LogP contribution is -2.12. The van der Waals surface area contributed by atoms with Gasteiger partial charge in [0.05, 0.1) is 0 Å². The molecule has 2 aromatic rings.